The lowest BCUT2D eigenvalue weighted by molar-refractivity contribution is 0.0382. The molecule has 5 N–H and O–H groups in total. The summed E-state index contributed by atoms with van der Waals surface area (Å²) in [6, 6.07) is 12.8. The van der Waals surface area contributed by atoms with Crippen molar-refractivity contribution >= 4 is 17.7 Å². The molecule has 1 saturated carbocycles. The molecule has 2 amide bonds. The number of ether oxygens (including phenoxy) is 3. The molecule has 1 aliphatic carbocycles. The molecule has 196 valence electrons. The van der Waals surface area contributed by atoms with Crippen LogP contribution in [0.3, 0.4) is 0 Å². The molecule has 10 nitrogen and oxygen atoms in total. The fraction of sp³-hybridized carbons (Fsp3) is 0.462. The van der Waals surface area contributed by atoms with Crippen LogP contribution >= 0.6 is 0 Å². The van der Waals surface area contributed by atoms with Gasteiger partial charge < -0.3 is 40.4 Å². The number of amides is 2. The molecule has 0 aliphatic heterocycles. The maximum Gasteiger partial charge on any atom is 0.335 e. The summed E-state index contributed by atoms with van der Waals surface area (Å²) in [5, 5.41) is 27.4. The maximum atomic E-state index is 11.9. The van der Waals surface area contributed by atoms with Gasteiger partial charge in [0.1, 0.15) is 30.8 Å². The van der Waals surface area contributed by atoms with E-state index in [1.807, 2.05) is 12.1 Å². The molecule has 0 saturated heterocycles. The standard InChI is InChI=1S/C26H35N3O7/c30-21(17-27-12-13-28-26(33)29-20-5-3-4-19(16-20)25(31)32)18-36-24-10-8-23(9-11-24)35-15-14-34-22-6-1-2-7-22/h3-5,8-11,16,21-22,27,30H,1-2,6-7,12-15,17-18H2,(H,31,32)(H2,28,29,33). The van der Waals surface area contributed by atoms with Crippen molar-refractivity contribution in [2.24, 2.45) is 0 Å². The van der Waals surface area contributed by atoms with E-state index in [2.05, 4.69) is 16.0 Å². The highest BCUT2D eigenvalue weighted by atomic mass is 16.5. The number of carboxylic acid groups (broad SMARTS) is 1. The normalized spacial score (nSPS) is 14.2. The Labute approximate surface area is 210 Å². The van der Waals surface area contributed by atoms with Crippen LogP contribution in [0, 0.1) is 0 Å². The molecule has 2 aromatic rings. The Morgan fingerprint density at radius 1 is 0.972 bits per heavy atom. The minimum atomic E-state index is -1.06. The molecule has 0 radical (unpaired) electrons. The number of carbonyl (C=O) groups is 2. The minimum Gasteiger partial charge on any atom is -0.491 e. The Balaban J connectivity index is 1.21. The summed E-state index contributed by atoms with van der Waals surface area (Å²) in [6.07, 6.45) is 4.46. The minimum absolute atomic E-state index is 0.0924. The summed E-state index contributed by atoms with van der Waals surface area (Å²) >= 11 is 0. The van der Waals surface area contributed by atoms with Crippen molar-refractivity contribution in [3.63, 3.8) is 0 Å². The Kier molecular flexibility index (Phi) is 11.3. The Morgan fingerprint density at radius 2 is 1.69 bits per heavy atom. The summed E-state index contributed by atoms with van der Waals surface area (Å²) in [6.45, 7) is 2.28. The van der Waals surface area contributed by atoms with Gasteiger partial charge in [-0.3, -0.25) is 0 Å². The molecule has 1 aliphatic rings. The highest BCUT2D eigenvalue weighted by Gasteiger charge is 2.14. The first-order valence-corrected chi connectivity index (χ1v) is 12.2. The van der Waals surface area contributed by atoms with E-state index >= 15 is 0 Å². The summed E-state index contributed by atoms with van der Waals surface area (Å²) < 4.78 is 17.1. The van der Waals surface area contributed by atoms with Crippen LogP contribution in [0.4, 0.5) is 10.5 Å². The first-order chi connectivity index (χ1) is 17.5. The molecule has 0 aromatic heterocycles. The average Bonchev–Trinajstić information content (AvgIpc) is 3.39. The molecule has 1 fully saturated rings. The van der Waals surface area contributed by atoms with Gasteiger partial charge in [-0.2, -0.15) is 0 Å². The van der Waals surface area contributed by atoms with Crippen LogP contribution < -0.4 is 25.4 Å². The van der Waals surface area contributed by atoms with Crippen LogP contribution in [0.15, 0.2) is 48.5 Å². The van der Waals surface area contributed by atoms with E-state index in [0.29, 0.717) is 50.4 Å². The largest absolute Gasteiger partial charge is 0.491 e. The van der Waals surface area contributed by atoms with Crippen LogP contribution in [0.2, 0.25) is 0 Å². The zero-order valence-corrected chi connectivity index (χ0v) is 20.3. The predicted octanol–water partition coefficient (Wildman–Crippen LogP) is 2.87. The fourth-order valence-electron chi connectivity index (χ4n) is 3.75. The van der Waals surface area contributed by atoms with Gasteiger partial charge in [-0.1, -0.05) is 18.9 Å². The van der Waals surface area contributed by atoms with Crippen LogP contribution in [0.25, 0.3) is 0 Å². The highest BCUT2D eigenvalue weighted by molar-refractivity contribution is 5.93. The fourth-order valence-corrected chi connectivity index (χ4v) is 3.75. The van der Waals surface area contributed by atoms with Crippen molar-refractivity contribution in [2.45, 2.75) is 37.9 Å². The van der Waals surface area contributed by atoms with E-state index < -0.39 is 18.1 Å². The van der Waals surface area contributed by atoms with Crippen LogP contribution in [0.1, 0.15) is 36.0 Å². The number of nitrogens with one attached hydrogen (secondary N) is 3. The van der Waals surface area contributed by atoms with Crippen LogP contribution in [-0.2, 0) is 4.74 Å². The second kappa shape index (κ2) is 14.9. The number of carbonyl (C=O) groups excluding carboxylic acids is 1. The molecule has 3 rings (SSSR count). The second-order valence-corrected chi connectivity index (χ2v) is 8.53. The number of aliphatic hydroxyl groups excluding tert-OH is 1. The van der Waals surface area contributed by atoms with Gasteiger partial charge in [0.25, 0.3) is 0 Å². The van der Waals surface area contributed by atoms with Crippen LogP contribution in [-0.4, -0.2) is 73.9 Å². The topological polar surface area (TPSA) is 138 Å². The molecule has 1 atom stereocenters. The number of hydrogen-bond acceptors (Lipinski definition) is 7. The molecule has 36 heavy (non-hydrogen) atoms. The lowest BCUT2D eigenvalue weighted by Gasteiger charge is -2.14. The van der Waals surface area contributed by atoms with E-state index in [1.165, 1.54) is 25.0 Å². The number of urea groups is 1. The predicted molar refractivity (Wildman–Crippen MR) is 135 cm³/mol. The summed E-state index contributed by atoms with van der Waals surface area (Å²) in [4.78, 5) is 22.9. The van der Waals surface area contributed by atoms with Crippen molar-refractivity contribution in [2.75, 3.05) is 44.8 Å². The number of rotatable bonds is 15. The Morgan fingerprint density at radius 3 is 2.42 bits per heavy atom. The van der Waals surface area contributed by atoms with Gasteiger partial charge in [-0.15, -0.1) is 0 Å². The van der Waals surface area contributed by atoms with Gasteiger partial charge >= 0.3 is 12.0 Å². The van der Waals surface area contributed by atoms with E-state index in [-0.39, 0.29) is 12.2 Å². The number of carboxylic acids is 1. The van der Waals surface area contributed by atoms with Crippen LogP contribution in [0.5, 0.6) is 11.5 Å². The third-order valence-corrected chi connectivity index (χ3v) is 5.61. The maximum absolute atomic E-state index is 11.9. The van der Waals surface area contributed by atoms with Gasteiger partial charge in [0, 0.05) is 25.3 Å². The zero-order chi connectivity index (χ0) is 25.6. The lowest BCUT2D eigenvalue weighted by Crippen LogP contribution is -2.38. The number of hydrogen-bond donors (Lipinski definition) is 5. The van der Waals surface area contributed by atoms with Gasteiger partial charge in [0.15, 0.2) is 0 Å². The van der Waals surface area contributed by atoms with Crippen molar-refractivity contribution in [3.05, 3.63) is 54.1 Å². The molecule has 0 spiro atoms. The number of aromatic carboxylic acids is 1. The zero-order valence-electron chi connectivity index (χ0n) is 20.3. The smallest absolute Gasteiger partial charge is 0.335 e. The van der Waals surface area contributed by atoms with Crippen molar-refractivity contribution in [1.82, 2.24) is 10.6 Å². The molecule has 10 heteroatoms. The summed E-state index contributed by atoms with van der Waals surface area (Å²) in [7, 11) is 0. The number of benzene rings is 2. The van der Waals surface area contributed by atoms with E-state index in [1.54, 1.807) is 24.3 Å². The monoisotopic (exact) mass is 501 g/mol. The number of aliphatic hydroxyl groups is 1. The third-order valence-electron chi connectivity index (χ3n) is 5.61. The van der Waals surface area contributed by atoms with Gasteiger partial charge in [0.2, 0.25) is 0 Å². The number of anilines is 1. The SMILES string of the molecule is O=C(NCCNCC(O)COc1ccc(OCCOC2CCCC2)cc1)Nc1cccc(C(=O)O)c1. The second-order valence-electron chi connectivity index (χ2n) is 8.53. The quantitative estimate of drug-likeness (QED) is 0.235. The van der Waals surface area contributed by atoms with E-state index in [0.717, 1.165) is 18.6 Å². The lowest BCUT2D eigenvalue weighted by atomic mass is 10.2. The first kappa shape index (κ1) is 27.3. The van der Waals surface area contributed by atoms with E-state index in [9.17, 15) is 14.7 Å². The van der Waals surface area contributed by atoms with Crippen molar-refractivity contribution in [1.29, 1.82) is 0 Å². The Hall–Kier alpha value is -3.34. The molecule has 1 unspecified atom stereocenters. The highest BCUT2D eigenvalue weighted by Crippen LogP contribution is 2.21. The first-order valence-electron chi connectivity index (χ1n) is 12.2. The Bertz CT molecular complexity index is 949. The van der Waals surface area contributed by atoms with E-state index in [4.69, 9.17) is 19.3 Å². The summed E-state index contributed by atoms with van der Waals surface area (Å²) in [5.74, 6) is 0.312. The van der Waals surface area contributed by atoms with Crippen molar-refractivity contribution in [3.8, 4) is 11.5 Å². The van der Waals surface area contributed by atoms with Gasteiger partial charge in [0.05, 0.1) is 18.3 Å². The molecule has 2 aromatic carbocycles. The van der Waals surface area contributed by atoms with Gasteiger partial charge in [-0.25, -0.2) is 9.59 Å². The third kappa shape index (κ3) is 10.1. The molecular weight excluding hydrogens is 466 g/mol. The molecule has 0 heterocycles. The molecule has 0 bridgehead atoms. The summed E-state index contributed by atoms with van der Waals surface area (Å²) in [5.41, 5.74) is 0.482. The van der Waals surface area contributed by atoms with Gasteiger partial charge in [-0.05, 0) is 55.3 Å². The molecular formula is C26H35N3O7. The average molecular weight is 502 g/mol. The van der Waals surface area contributed by atoms with Crippen molar-refractivity contribution < 1.29 is 34.0 Å².